The lowest BCUT2D eigenvalue weighted by Crippen LogP contribution is -2.25. The maximum Gasteiger partial charge on any atom is 0.251 e. The molecule has 0 amide bonds. The van der Waals surface area contributed by atoms with Crippen molar-refractivity contribution in [3.05, 3.63) is 28.2 Å². The summed E-state index contributed by atoms with van der Waals surface area (Å²) in [6.07, 6.45) is 1.70. The van der Waals surface area contributed by atoms with Crippen molar-refractivity contribution in [2.24, 2.45) is 5.14 Å². The molecule has 0 radical (unpaired) electrons. The van der Waals surface area contributed by atoms with E-state index < -0.39 is 20.0 Å². The molecule has 0 saturated carbocycles. The third kappa shape index (κ3) is 4.31. The Kier molecular flexibility index (Phi) is 4.80. The second kappa shape index (κ2) is 6.10. The van der Waals surface area contributed by atoms with E-state index in [9.17, 15) is 16.8 Å². The molecule has 116 valence electrons. The molecule has 0 spiro atoms. The molecule has 0 fully saturated rings. The number of nitrogens with two attached hydrogens (primary N) is 1. The van der Waals surface area contributed by atoms with Gasteiger partial charge in [-0.25, -0.2) is 31.7 Å². The molecule has 3 N–H and O–H groups in total. The van der Waals surface area contributed by atoms with E-state index in [-0.39, 0.29) is 15.0 Å². The molecule has 0 aliphatic rings. The normalized spacial score (nSPS) is 12.7. The number of nitrogens with zero attached hydrogens (tertiary/aromatic N) is 1. The van der Waals surface area contributed by atoms with Gasteiger partial charge in [-0.15, -0.1) is 22.7 Å². The Balaban J connectivity index is 1.97. The first-order chi connectivity index (χ1) is 9.68. The fourth-order valence-corrected chi connectivity index (χ4v) is 5.45. The van der Waals surface area contributed by atoms with Crippen LogP contribution in [-0.2, 0) is 26.5 Å². The molecule has 0 bridgehead atoms. The first-order valence-electron chi connectivity index (χ1n) is 5.72. The van der Waals surface area contributed by atoms with Gasteiger partial charge >= 0.3 is 0 Å². The Morgan fingerprint density at radius 3 is 2.43 bits per heavy atom. The van der Waals surface area contributed by atoms with Gasteiger partial charge in [0, 0.05) is 11.4 Å². The number of sulfonamides is 2. The first-order valence-corrected chi connectivity index (χ1v) is 10.4. The zero-order valence-corrected chi connectivity index (χ0v) is 14.2. The number of thiazole rings is 1. The lowest BCUT2D eigenvalue weighted by atomic mass is 10.3. The largest absolute Gasteiger partial charge is 0.251 e. The maximum atomic E-state index is 11.9. The SMILES string of the molecule is Cc1ncc(S(=O)(=O)NCCc2ccc(S(N)(=O)=O)s2)s1. The minimum atomic E-state index is -3.70. The number of hydrogen-bond acceptors (Lipinski definition) is 7. The molecule has 21 heavy (non-hydrogen) atoms. The Bertz CT molecular complexity index is 835. The molecule has 0 saturated heterocycles. The zero-order chi connectivity index (χ0) is 15.7. The molecule has 2 aromatic rings. The molecule has 0 unspecified atom stereocenters. The van der Waals surface area contributed by atoms with Crippen LogP contribution in [0.15, 0.2) is 26.7 Å². The summed E-state index contributed by atoms with van der Waals surface area (Å²) in [6, 6.07) is 3.03. The molecule has 0 aromatic carbocycles. The summed E-state index contributed by atoms with van der Waals surface area (Å²) < 4.78 is 48.9. The molecule has 7 nitrogen and oxygen atoms in total. The van der Waals surface area contributed by atoms with Crippen molar-refractivity contribution in [1.29, 1.82) is 0 Å². The number of aromatic nitrogens is 1. The van der Waals surface area contributed by atoms with Crippen molar-refractivity contribution in [3.63, 3.8) is 0 Å². The molecule has 11 heteroatoms. The van der Waals surface area contributed by atoms with Crippen LogP contribution >= 0.6 is 22.7 Å². The van der Waals surface area contributed by atoms with Gasteiger partial charge in [-0.2, -0.15) is 0 Å². The van der Waals surface area contributed by atoms with Gasteiger partial charge < -0.3 is 0 Å². The monoisotopic (exact) mass is 367 g/mol. The smallest absolute Gasteiger partial charge is 0.249 e. The van der Waals surface area contributed by atoms with E-state index in [0.717, 1.165) is 27.6 Å². The fraction of sp³-hybridized carbons (Fsp3) is 0.300. The van der Waals surface area contributed by atoms with E-state index in [1.807, 2.05) is 0 Å². The molecular weight excluding hydrogens is 354 g/mol. The summed E-state index contributed by atoms with van der Waals surface area (Å²) in [7, 11) is -7.27. The Labute approximate surface area is 130 Å². The summed E-state index contributed by atoms with van der Waals surface area (Å²) in [5.41, 5.74) is 0. The summed E-state index contributed by atoms with van der Waals surface area (Å²) in [5.74, 6) is 0. The number of hydrogen-bond donors (Lipinski definition) is 2. The Hall–Kier alpha value is -0.850. The third-order valence-electron chi connectivity index (χ3n) is 2.45. The number of rotatable bonds is 6. The van der Waals surface area contributed by atoms with Crippen molar-refractivity contribution in [2.45, 2.75) is 21.8 Å². The lowest BCUT2D eigenvalue weighted by Gasteiger charge is -2.02. The predicted molar refractivity (Wildman–Crippen MR) is 81.4 cm³/mol. The molecular formula is C10H13N3O4S4. The lowest BCUT2D eigenvalue weighted by molar-refractivity contribution is 0.583. The summed E-state index contributed by atoms with van der Waals surface area (Å²) in [4.78, 5) is 4.64. The quantitative estimate of drug-likeness (QED) is 0.778. The summed E-state index contributed by atoms with van der Waals surface area (Å²) in [5, 5.41) is 5.68. The molecule has 0 aliphatic carbocycles. The first kappa shape index (κ1) is 16.5. The highest BCUT2D eigenvalue weighted by molar-refractivity contribution is 7.91. The van der Waals surface area contributed by atoms with Gasteiger partial charge in [-0.1, -0.05) is 0 Å². The topological polar surface area (TPSA) is 119 Å². The van der Waals surface area contributed by atoms with Crippen LogP contribution in [0.5, 0.6) is 0 Å². The maximum absolute atomic E-state index is 11.9. The van der Waals surface area contributed by atoms with E-state index in [4.69, 9.17) is 5.14 Å². The highest BCUT2D eigenvalue weighted by atomic mass is 32.3. The number of nitrogens with one attached hydrogen (secondary N) is 1. The number of primary sulfonamides is 1. The second-order valence-corrected chi connectivity index (χ2v) is 10.3. The van der Waals surface area contributed by atoms with Crippen molar-refractivity contribution in [2.75, 3.05) is 6.54 Å². The average Bonchev–Trinajstić information content (AvgIpc) is 2.97. The molecule has 0 aliphatic heterocycles. The molecule has 0 atom stereocenters. The van der Waals surface area contributed by atoms with E-state index in [1.54, 1.807) is 13.0 Å². The van der Waals surface area contributed by atoms with E-state index in [1.165, 1.54) is 12.3 Å². The minimum absolute atomic E-state index is 0.0680. The van der Waals surface area contributed by atoms with Gasteiger partial charge in [0.1, 0.15) is 4.21 Å². The van der Waals surface area contributed by atoms with Gasteiger partial charge in [0.25, 0.3) is 10.0 Å². The van der Waals surface area contributed by atoms with Gasteiger partial charge in [0.15, 0.2) is 4.21 Å². The zero-order valence-electron chi connectivity index (χ0n) is 10.9. The van der Waals surface area contributed by atoms with Gasteiger partial charge in [0.05, 0.1) is 11.2 Å². The van der Waals surface area contributed by atoms with E-state index >= 15 is 0 Å². The van der Waals surface area contributed by atoms with E-state index in [0.29, 0.717) is 11.4 Å². The van der Waals surface area contributed by atoms with Crippen LogP contribution in [0.2, 0.25) is 0 Å². The van der Waals surface area contributed by atoms with Crippen LogP contribution in [0.1, 0.15) is 9.88 Å². The standard InChI is InChI=1S/C10H13N3O4S4/c1-7-12-6-10(18-7)21(16,17)13-5-4-8-2-3-9(19-8)20(11,14)15/h2-3,6,13H,4-5H2,1H3,(H2,11,14,15). The predicted octanol–water partition coefficient (Wildman–Crippen LogP) is 0.681. The van der Waals surface area contributed by atoms with Crippen molar-refractivity contribution in [3.8, 4) is 0 Å². The highest BCUT2D eigenvalue weighted by Gasteiger charge is 2.17. The van der Waals surface area contributed by atoms with Gasteiger partial charge in [-0.05, 0) is 25.5 Å². The Morgan fingerprint density at radius 2 is 1.90 bits per heavy atom. The molecule has 2 aromatic heterocycles. The van der Waals surface area contributed by atoms with Crippen LogP contribution in [0, 0.1) is 6.92 Å². The van der Waals surface area contributed by atoms with Crippen LogP contribution in [0.25, 0.3) is 0 Å². The number of thiophene rings is 1. The molecule has 2 rings (SSSR count). The summed E-state index contributed by atoms with van der Waals surface area (Å²) >= 11 is 2.13. The summed E-state index contributed by atoms with van der Waals surface area (Å²) in [6.45, 7) is 1.90. The van der Waals surface area contributed by atoms with Crippen molar-refractivity contribution < 1.29 is 16.8 Å². The van der Waals surface area contributed by atoms with Crippen LogP contribution in [-0.4, -0.2) is 28.4 Å². The van der Waals surface area contributed by atoms with Crippen LogP contribution in [0.4, 0.5) is 0 Å². The van der Waals surface area contributed by atoms with Crippen molar-refractivity contribution >= 4 is 42.7 Å². The van der Waals surface area contributed by atoms with Crippen molar-refractivity contribution in [1.82, 2.24) is 9.71 Å². The highest BCUT2D eigenvalue weighted by Crippen LogP contribution is 2.21. The second-order valence-electron chi connectivity index (χ2n) is 4.11. The van der Waals surface area contributed by atoms with Gasteiger partial charge in [-0.3, -0.25) is 0 Å². The number of aryl methyl sites for hydroxylation is 1. The third-order valence-corrected chi connectivity index (χ3v) is 7.86. The van der Waals surface area contributed by atoms with Gasteiger partial charge in [0.2, 0.25) is 10.0 Å². The van der Waals surface area contributed by atoms with E-state index in [2.05, 4.69) is 9.71 Å². The minimum Gasteiger partial charge on any atom is -0.249 e. The fourth-order valence-electron chi connectivity index (χ4n) is 1.49. The Morgan fingerprint density at radius 1 is 1.19 bits per heavy atom. The molecule has 2 heterocycles. The van der Waals surface area contributed by atoms with Crippen LogP contribution < -0.4 is 9.86 Å². The van der Waals surface area contributed by atoms with Crippen LogP contribution in [0.3, 0.4) is 0 Å². The average molecular weight is 367 g/mol.